The Labute approximate surface area is 124 Å². The van der Waals surface area contributed by atoms with E-state index < -0.39 is 21.4 Å². The van der Waals surface area contributed by atoms with E-state index >= 15 is 0 Å². The molecule has 6 heteroatoms. The van der Waals surface area contributed by atoms with Crippen LogP contribution in [0.1, 0.15) is 32.6 Å². The van der Waals surface area contributed by atoms with E-state index in [-0.39, 0.29) is 10.8 Å². The fourth-order valence-electron chi connectivity index (χ4n) is 2.86. The van der Waals surface area contributed by atoms with Gasteiger partial charge >= 0.3 is 0 Å². The fraction of sp³-hybridized carbons (Fsp3) is 0.571. The zero-order valence-electron chi connectivity index (χ0n) is 11.4. The molecule has 0 amide bonds. The molecular weight excluding hydrogens is 301 g/mol. The number of benzene rings is 1. The van der Waals surface area contributed by atoms with Crippen LogP contribution < -0.4 is 4.72 Å². The van der Waals surface area contributed by atoms with Gasteiger partial charge in [0.1, 0.15) is 5.82 Å². The minimum Gasteiger partial charge on any atom is -0.207 e. The average Bonchev–Trinajstić information content (AvgIpc) is 2.38. The van der Waals surface area contributed by atoms with Gasteiger partial charge in [-0.3, -0.25) is 0 Å². The normalized spacial score (nSPS) is 27.4. The lowest BCUT2D eigenvalue weighted by Crippen LogP contribution is -2.52. The van der Waals surface area contributed by atoms with Crippen LogP contribution in [0.15, 0.2) is 29.2 Å². The second kappa shape index (κ2) is 6.00. The molecule has 1 saturated carbocycles. The van der Waals surface area contributed by atoms with E-state index in [9.17, 15) is 12.8 Å². The third kappa shape index (κ3) is 3.51. The summed E-state index contributed by atoms with van der Waals surface area (Å²) in [4.78, 5) is 0.0709. The van der Waals surface area contributed by atoms with E-state index in [0.29, 0.717) is 5.92 Å². The standard InChI is InChI=1S/C14H19ClFNO2S/c1-11-3-2-8-14(9-11,10-15)17-20(18,19)13-6-4-12(16)5-7-13/h4-7,11,17H,2-3,8-10H2,1H3. The molecule has 0 saturated heterocycles. The second-order valence-corrected chi connectivity index (χ2v) is 7.62. The Morgan fingerprint density at radius 1 is 1.40 bits per heavy atom. The van der Waals surface area contributed by atoms with Crippen LogP contribution in [0.2, 0.25) is 0 Å². The van der Waals surface area contributed by atoms with Gasteiger partial charge in [-0.15, -0.1) is 11.6 Å². The van der Waals surface area contributed by atoms with Crippen molar-refractivity contribution < 1.29 is 12.8 Å². The maximum Gasteiger partial charge on any atom is 0.241 e. The molecule has 3 nitrogen and oxygen atoms in total. The highest BCUT2D eigenvalue weighted by atomic mass is 35.5. The molecule has 0 aromatic heterocycles. The zero-order valence-corrected chi connectivity index (χ0v) is 13.0. The van der Waals surface area contributed by atoms with Gasteiger partial charge in [0, 0.05) is 11.4 Å². The predicted molar refractivity (Wildman–Crippen MR) is 77.8 cm³/mol. The maximum absolute atomic E-state index is 12.9. The molecule has 2 rings (SSSR count). The number of halogens is 2. The topological polar surface area (TPSA) is 46.2 Å². The molecule has 2 atom stereocenters. The number of rotatable bonds is 4. The summed E-state index contributed by atoms with van der Waals surface area (Å²) in [6.45, 7) is 2.10. The summed E-state index contributed by atoms with van der Waals surface area (Å²) >= 11 is 6.03. The summed E-state index contributed by atoms with van der Waals surface area (Å²) in [6.07, 6.45) is 3.52. The first-order chi connectivity index (χ1) is 9.37. The molecular formula is C14H19ClFNO2S. The first-order valence-electron chi connectivity index (χ1n) is 6.72. The highest BCUT2D eigenvalue weighted by Gasteiger charge is 2.38. The Hall–Kier alpha value is -0.650. The summed E-state index contributed by atoms with van der Waals surface area (Å²) in [5.41, 5.74) is -0.591. The molecule has 0 aliphatic heterocycles. The molecule has 1 aromatic rings. The molecule has 0 radical (unpaired) electrons. The number of sulfonamides is 1. The Balaban J connectivity index is 2.23. The number of nitrogens with one attached hydrogen (secondary N) is 1. The molecule has 2 unspecified atom stereocenters. The summed E-state index contributed by atoms with van der Waals surface area (Å²) in [7, 11) is -3.67. The van der Waals surface area contributed by atoms with Gasteiger partial charge in [0.2, 0.25) is 10.0 Å². The monoisotopic (exact) mass is 319 g/mol. The summed E-state index contributed by atoms with van der Waals surface area (Å²) in [5.74, 6) is 0.235. The molecule has 0 spiro atoms. The zero-order chi connectivity index (χ0) is 14.8. The summed E-state index contributed by atoms with van der Waals surface area (Å²) in [6, 6.07) is 4.83. The van der Waals surface area contributed by atoms with Crippen LogP contribution >= 0.6 is 11.6 Å². The molecule has 0 heterocycles. The van der Waals surface area contributed by atoms with Gasteiger partial charge in [0.05, 0.1) is 4.90 Å². The average molecular weight is 320 g/mol. The molecule has 20 heavy (non-hydrogen) atoms. The number of hydrogen-bond acceptors (Lipinski definition) is 2. The fourth-order valence-corrected chi connectivity index (χ4v) is 4.69. The molecule has 1 fully saturated rings. The van der Waals surface area contributed by atoms with Crippen LogP contribution in [0, 0.1) is 11.7 Å². The van der Waals surface area contributed by atoms with Crippen molar-refractivity contribution in [2.45, 2.75) is 43.0 Å². The minimum absolute atomic E-state index is 0.0709. The molecule has 1 aromatic carbocycles. The third-order valence-electron chi connectivity index (χ3n) is 3.82. The highest BCUT2D eigenvalue weighted by Crippen LogP contribution is 2.34. The van der Waals surface area contributed by atoms with Gasteiger partial charge in [-0.05, 0) is 43.0 Å². The van der Waals surface area contributed by atoms with Crippen LogP contribution in [0.5, 0.6) is 0 Å². The van der Waals surface area contributed by atoms with Gasteiger partial charge in [-0.1, -0.05) is 19.8 Å². The Kier molecular flexibility index (Phi) is 4.72. The predicted octanol–water partition coefficient (Wildman–Crippen LogP) is 3.29. The van der Waals surface area contributed by atoms with E-state index in [1.807, 2.05) is 0 Å². The number of hydrogen-bond donors (Lipinski definition) is 1. The lowest BCUT2D eigenvalue weighted by atomic mass is 9.78. The molecule has 1 N–H and O–H groups in total. The van der Waals surface area contributed by atoms with E-state index in [1.165, 1.54) is 12.1 Å². The SMILES string of the molecule is CC1CCCC(CCl)(NS(=O)(=O)c2ccc(F)cc2)C1. The highest BCUT2D eigenvalue weighted by molar-refractivity contribution is 7.89. The smallest absolute Gasteiger partial charge is 0.207 e. The third-order valence-corrected chi connectivity index (χ3v) is 5.93. The maximum atomic E-state index is 12.9. The Morgan fingerprint density at radius 2 is 2.05 bits per heavy atom. The summed E-state index contributed by atoms with van der Waals surface area (Å²) in [5, 5.41) is 0. The minimum atomic E-state index is -3.67. The number of alkyl halides is 1. The lowest BCUT2D eigenvalue weighted by molar-refractivity contribution is 0.239. The van der Waals surface area contributed by atoms with Crippen LogP contribution in [-0.2, 0) is 10.0 Å². The lowest BCUT2D eigenvalue weighted by Gasteiger charge is -2.39. The van der Waals surface area contributed by atoms with E-state index in [0.717, 1.165) is 37.8 Å². The van der Waals surface area contributed by atoms with E-state index in [2.05, 4.69) is 11.6 Å². The first-order valence-corrected chi connectivity index (χ1v) is 8.74. The molecule has 112 valence electrons. The Bertz CT molecular complexity index is 561. The van der Waals surface area contributed by atoms with Crippen molar-refractivity contribution in [3.63, 3.8) is 0 Å². The quantitative estimate of drug-likeness (QED) is 0.866. The largest absolute Gasteiger partial charge is 0.241 e. The van der Waals surface area contributed by atoms with Crippen molar-refractivity contribution in [3.8, 4) is 0 Å². The van der Waals surface area contributed by atoms with Crippen molar-refractivity contribution in [2.75, 3.05) is 5.88 Å². The van der Waals surface area contributed by atoms with E-state index in [4.69, 9.17) is 11.6 Å². The van der Waals surface area contributed by atoms with Crippen LogP contribution in [0.4, 0.5) is 4.39 Å². The first kappa shape index (κ1) is 15.7. The second-order valence-electron chi connectivity index (χ2n) is 5.67. The van der Waals surface area contributed by atoms with Crippen molar-refractivity contribution in [3.05, 3.63) is 30.1 Å². The van der Waals surface area contributed by atoms with Gasteiger partial charge in [0.25, 0.3) is 0 Å². The van der Waals surface area contributed by atoms with Gasteiger partial charge in [-0.2, -0.15) is 0 Å². The van der Waals surface area contributed by atoms with Crippen molar-refractivity contribution in [2.24, 2.45) is 5.92 Å². The van der Waals surface area contributed by atoms with Crippen LogP contribution in [-0.4, -0.2) is 19.8 Å². The molecule has 1 aliphatic carbocycles. The van der Waals surface area contributed by atoms with Gasteiger partial charge in [-0.25, -0.2) is 17.5 Å². The van der Waals surface area contributed by atoms with Crippen molar-refractivity contribution in [1.82, 2.24) is 4.72 Å². The van der Waals surface area contributed by atoms with Gasteiger partial charge < -0.3 is 0 Å². The van der Waals surface area contributed by atoms with E-state index in [1.54, 1.807) is 0 Å². The van der Waals surface area contributed by atoms with Gasteiger partial charge in [0.15, 0.2) is 0 Å². The summed E-state index contributed by atoms with van der Waals surface area (Å²) < 4.78 is 40.4. The van der Waals surface area contributed by atoms with Crippen molar-refractivity contribution in [1.29, 1.82) is 0 Å². The Morgan fingerprint density at radius 3 is 2.60 bits per heavy atom. The molecule has 0 bridgehead atoms. The van der Waals surface area contributed by atoms with Crippen LogP contribution in [0.3, 0.4) is 0 Å². The molecule has 1 aliphatic rings. The van der Waals surface area contributed by atoms with Crippen molar-refractivity contribution >= 4 is 21.6 Å². The van der Waals surface area contributed by atoms with Crippen LogP contribution in [0.25, 0.3) is 0 Å².